The topological polar surface area (TPSA) is 133 Å². The summed E-state index contributed by atoms with van der Waals surface area (Å²) in [5, 5.41) is 3.96. The van der Waals surface area contributed by atoms with E-state index in [0.717, 1.165) is 0 Å². The van der Waals surface area contributed by atoms with Gasteiger partial charge in [0, 0.05) is 6.20 Å². The monoisotopic (exact) mass is 429 g/mol. The Kier molecular flexibility index (Phi) is 4.68. The number of rotatable bonds is 5. The highest BCUT2D eigenvalue weighted by molar-refractivity contribution is 5.86. The van der Waals surface area contributed by atoms with Gasteiger partial charge in [-0.05, 0) is 32.0 Å². The molecule has 2 aliphatic rings. The smallest absolute Gasteiger partial charge is 0.374 e. The van der Waals surface area contributed by atoms with E-state index in [1.165, 1.54) is 34.2 Å². The normalized spacial score (nSPS) is 26.6. The van der Waals surface area contributed by atoms with Crippen molar-refractivity contribution >= 4 is 5.97 Å². The predicted molar refractivity (Wildman–Crippen MR) is 100 cm³/mol. The molecule has 0 aliphatic carbocycles. The van der Waals surface area contributed by atoms with Crippen LogP contribution in [0.2, 0.25) is 0 Å². The highest BCUT2D eigenvalue weighted by Crippen LogP contribution is 2.42. The van der Waals surface area contributed by atoms with Crippen molar-refractivity contribution in [1.29, 1.82) is 0 Å². The zero-order chi connectivity index (χ0) is 21.6. The average Bonchev–Trinajstić information content (AvgIpc) is 3.51. The lowest BCUT2D eigenvalue weighted by molar-refractivity contribution is -0.200. The molecule has 4 atom stereocenters. The van der Waals surface area contributed by atoms with Crippen LogP contribution in [0.4, 0.5) is 0 Å². The van der Waals surface area contributed by atoms with Gasteiger partial charge in [-0.1, -0.05) is 0 Å². The summed E-state index contributed by atoms with van der Waals surface area (Å²) < 4.78 is 31.0. The lowest BCUT2D eigenvalue weighted by Crippen LogP contribution is -2.35. The summed E-state index contributed by atoms with van der Waals surface area (Å²) in [6, 6.07) is 4.71. The van der Waals surface area contributed by atoms with Gasteiger partial charge in [-0.2, -0.15) is 10.1 Å². The van der Waals surface area contributed by atoms with E-state index in [0.29, 0.717) is 5.82 Å². The van der Waals surface area contributed by atoms with Crippen LogP contribution >= 0.6 is 0 Å². The molecule has 3 aromatic heterocycles. The molecule has 0 spiro atoms. The average molecular weight is 429 g/mol. The summed E-state index contributed by atoms with van der Waals surface area (Å²) in [7, 11) is 0. The molecule has 2 saturated heterocycles. The van der Waals surface area contributed by atoms with Crippen LogP contribution in [0.5, 0.6) is 0 Å². The Bertz CT molecular complexity index is 1120. The largest absolute Gasteiger partial charge is 0.457 e. The molecule has 31 heavy (non-hydrogen) atoms. The molecule has 5 rings (SSSR count). The van der Waals surface area contributed by atoms with Crippen LogP contribution in [0, 0.1) is 0 Å². The molecule has 2 fully saturated rings. The Morgan fingerprint density at radius 3 is 2.81 bits per heavy atom. The maximum Gasteiger partial charge on any atom is 0.374 e. The van der Waals surface area contributed by atoms with Crippen LogP contribution in [-0.4, -0.2) is 61.0 Å². The minimum absolute atomic E-state index is 0.0825. The van der Waals surface area contributed by atoms with E-state index in [4.69, 9.17) is 23.4 Å². The SMILES string of the molecule is CC1(C)O[C@@H]2[C@H](O1)[C@@H](COC(=O)c1ccco1)O[C@H]2n1ccc(-n2cncn2)nc1=O. The molecule has 162 valence electrons. The first-order valence-electron chi connectivity index (χ1n) is 9.57. The second kappa shape index (κ2) is 7.41. The van der Waals surface area contributed by atoms with Gasteiger partial charge in [-0.3, -0.25) is 4.57 Å². The van der Waals surface area contributed by atoms with Gasteiger partial charge in [0.05, 0.1) is 6.26 Å². The summed E-state index contributed by atoms with van der Waals surface area (Å²) in [5.74, 6) is -1.11. The van der Waals surface area contributed by atoms with Crippen LogP contribution < -0.4 is 5.69 Å². The van der Waals surface area contributed by atoms with E-state index in [1.54, 1.807) is 32.2 Å². The summed E-state index contributed by atoms with van der Waals surface area (Å²) in [4.78, 5) is 32.7. The highest BCUT2D eigenvalue weighted by atomic mass is 16.8. The molecule has 12 heteroatoms. The first kappa shape index (κ1) is 19.6. The number of carbonyl (C=O) groups is 1. The fraction of sp³-hybridized carbons (Fsp3) is 0.421. The standard InChI is InChI=1S/C19H19N5O7/c1-19(2)30-14-12(8-28-17(25)11-4-3-7-27-11)29-16(15(14)31-19)23-6-5-13(22-18(23)26)24-10-20-9-21-24/h3-7,9-10,12,14-16H,8H2,1-2H3/t12-,14-,15-,16-/m1/s1. The number of ether oxygens (including phenoxy) is 4. The van der Waals surface area contributed by atoms with Crippen molar-refractivity contribution in [3.8, 4) is 5.82 Å². The molecular weight excluding hydrogens is 410 g/mol. The zero-order valence-corrected chi connectivity index (χ0v) is 16.7. The fourth-order valence-corrected chi connectivity index (χ4v) is 3.69. The first-order chi connectivity index (χ1) is 14.9. The molecule has 12 nitrogen and oxygen atoms in total. The second-order valence-electron chi connectivity index (χ2n) is 7.52. The minimum Gasteiger partial charge on any atom is -0.457 e. The Balaban J connectivity index is 1.38. The molecular formula is C19H19N5O7. The van der Waals surface area contributed by atoms with E-state index in [2.05, 4.69) is 15.1 Å². The number of hydrogen-bond acceptors (Lipinski definition) is 10. The summed E-state index contributed by atoms with van der Waals surface area (Å²) in [6.07, 6.45) is 3.09. The van der Waals surface area contributed by atoms with Gasteiger partial charge in [0.25, 0.3) is 0 Å². The summed E-state index contributed by atoms with van der Waals surface area (Å²) in [5.41, 5.74) is -0.557. The molecule has 5 heterocycles. The number of esters is 1. The third-order valence-corrected chi connectivity index (χ3v) is 4.97. The minimum atomic E-state index is -0.891. The third kappa shape index (κ3) is 3.65. The Labute approximate surface area is 175 Å². The maximum atomic E-state index is 12.7. The molecule has 3 aromatic rings. The number of nitrogens with zero attached hydrogens (tertiary/aromatic N) is 5. The second-order valence-corrected chi connectivity index (χ2v) is 7.52. The van der Waals surface area contributed by atoms with Gasteiger partial charge < -0.3 is 23.4 Å². The van der Waals surface area contributed by atoms with Crippen LogP contribution in [0.25, 0.3) is 5.82 Å². The highest BCUT2D eigenvalue weighted by Gasteiger charge is 2.56. The quantitative estimate of drug-likeness (QED) is 0.534. The van der Waals surface area contributed by atoms with Crippen molar-refractivity contribution in [3.05, 3.63) is 59.6 Å². The van der Waals surface area contributed by atoms with Gasteiger partial charge in [-0.15, -0.1) is 0 Å². The lowest BCUT2D eigenvalue weighted by atomic mass is 10.1. The zero-order valence-electron chi connectivity index (χ0n) is 16.7. The van der Waals surface area contributed by atoms with Gasteiger partial charge in [0.2, 0.25) is 5.76 Å². The molecule has 0 N–H and O–H groups in total. The van der Waals surface area contributed by atoms with Crippen molar-refractivity contribution < 1.29 is 28.2 Å². The number of fused-ring (bicyclic) bond motifs is 1. The maximum absolute atomic E-state index is 12.7. The molecule has 0 bridgehead atoms. The van der Waals surface area contributed by atoms with E-state index in [1.807, 2.05) is 0 Å². The van der Waals surface area contributed by atoms with Crippen LogP contribution in [0.15, 0.2) is 52.5 Å². The number of furan rings is 1. The van der Waals surface area contributed by atoms with Crippen molar-refractivity contribution in [2.75, 3.05) is 6.61 Å². The van der Waals surface area contributed by atoms with E-state index in [-0.39, 0.29) is 12.4 Å². The Morgan fingerprint density at radius 2 is 2.10 bits per heavy atom. The summed E-state index contributed by atoms with van der Waals surface area (Å²) >= 11 is 0. The molecule has 0 radical (unpaired) electrons. The predicted octanol–water partition coefficient (Wildman–Crippen LogP) is 0.692. The number of aromatic nitrogens is 5. The molecule has 0 unspecified atom stereocenters. The Hall–Kier alpha value is -3.35. The van der Waals surface area contributed by atoms with Crippen LogP contribution in [-0.2, 0) is 18.9 Å². The van der Waals surface area contributed by atoms with Crippen LogP contribution in [0.1, 0.15) is 30.6 Å². The third-order valence-electron chi connectivity index (χ3n) is 4.97. The van der Waals surface area contributed by atoms with Gasteiger partial charge in [0.1, 0.15) is 37.6 Å². The van der Waals surface area contributed by atoms with Crippen molar-refractivity contribution in [2.24, 2.45) is 0 Å². The fourth-order valence-electron chi connectivity index (χ4n) is 3.69. The van der Waals surface area contributed by atoms with Crippen LogP contribution in [0.3, 0.4) is 0 Å². The molecule has 0 aromatic carbocycles. The molecule has 0 saturated carbocycles. The number of hydrogen-bond donors (Lipinski definition) is 0. The van der Waals surface area contributed by atoms with Crippen molar-refractivity contribution in [1.82, 2.24) is 24.3 Å². The van der Waals surface area contributed by atoms with Gasteiger partial charge in [-0.25, -0.2) is 19.3 Å². The van der Waals surface area contributed by atoms with E-state index >= 15 is 0 Å². The summed E-state index contributed by atoms with van der Waals surface area (Å²) in [6.45, 7) is 3.43. The lowest BCUT2D eigenvalue weighted by Gasteiger charge is -2.24. The Morgan fingerprint density at radius 1 is 1.26 bits per heavy atom. The van der Waals surface area contributed by atoms with Crippen molar-refractivity contribution in [3.63, 3.8) is 0 Å². The van der Waals surface area contributed by atoms with Crippen molar-refractivity contribution in [2.45, 2.75) is 44.2 Å². The van der Waals surface area contributed by atoms with E-state index < -0.39 is 42.0 Å². The van der Waals surface area contributed by atoms with Gasteiger partial charge in [0.15, 0.2) is 17.8 Å². The molecule has 2 aliphatic heterocycles. The van der Waals surface area contributed by atoms with Gasteiger partial charge >= 0.3 is 11.7 Å². The first-order valence-corrected chi connectivity index (χ1v) is 9.57. The molecule has 0 amide bonds. The number of carbonyl (C=O) groups excluding carboxylic acids is 1. The van der Waals surface area contributed by atoms with E-state index in [9.17, 15) is 9.59 Å².